The molecular weight excluding hydrogens is 268 g/mol. The molecule has 1 heteroatoms. The van der Waals surface area contributed by atoms with E-state index >= 15 is 0 Å². The topological polar surface area (TPSA) is 12.5 Å². The van der Waals surface area contributed by atoms with Crippen molar-refractivity contribution in [2.45, 2.75) is 30.5 Å². The van der Waals surface area contributed by atoms with Gasteiger partial charge in [-0.25, -0.2) is 0 Å². The highest BCUT2D eigenvalue weighted by Crippen LogP contribution is 2.61. The smallest absolute Gasteiger partial charge is 0.120 e. The Morgan fingerprint density at radius 2 is 1.14 bits per heavy atom. The third-order valence-electron chi connectivity index (χ3n) is 4.82. The minimum atomic E-state index is -0.0753. The molecule has 1 saturated carbocycles. The molecule has 0 aromatic heterocycles. The van der Waals surface area contributed by atoms with Crippen LogP contribution in [0, 0.1) is 0 Å². The Kier molecular flexibility index (Phi) is 3.24. The first kappa shape index (κ1) is 13.5. The van der Waals surface area contributed by atoms with Crippen LogP contribution in [0.4, 0.5) is 0 Å². The Hall–Kier alpha value is -2.12. The van der Waals surface area contributed by atoms with Crippen LogP contribution < -0.4 is 0 Å². The van der Waals surface area contributed by atoms with Gasteiger partial charge in [0.15, 0.2) is 0 Å². The average Bonchev–Trinajstić information content (AvgIpc) is 3.08. The summed E-state index contributed by atoms with van der Waals surface area (Å²) < 4.78 is 6.20. The van der Waals surface area contributed by atoms with Crippen molar-refractivity contribution in [2.75, 3.05) is 0 Å². The fraction of sp³-hybridized carbons (Fsp3) is 0.238. The molecule has 2 aromatic carbocycles. The summed E-state index contributed by atoms with van der Waals surface area (Å²) in [6.07, 6.45) is 12.4. The molecule has 0 amide bonds. The van der Waals surface area contributed by atoms with E-state index in [1.165, 1.54) is 17.5 Å². The summed E-state index contributed by atoms with van der Waals surface area (Å²) in [4.78, 5) is 0. The molecule has 2 fully saturated rings. The van der Waals surface area contributed by atoms with Crippen molar-refractivity contribution in [1.29, 1.82) is 0 Å². The number of fused-ring (bicyclic) bond motifs is 1. The SMILES string of the molecule is C(=C\[C@@]12CCC[C@]1(/C=C/c1ccccc1)O2)/c1ccccc1. The van der Waals surface area contributed by atoms with Crippen molar-refractivity contribution in [3.8, 4) is 0 Å². The highest BCUT2D eigenvalue weighted by molar-refractivity contribution is 5.57. The first-order chi connectivity index (χ1) is 10.8. The van der Waals surface area contributed by atoms with Gasteiger partial charge in [-0.3, -0.25) is 0 Å². The number of hydrogen-bond acceptors (Lipinski definition) is 1. The van der Waals surface area contributed by atoms with E-state index in [-0.39, 0.29) is 11.2 Å². The Morgan fingerprint density at radius 1 is 0.682 bits per heavy atom. The summed E-state index contributed by atoms with van der Waals surface area (Å²) in [5, 5.41) is 0. The van der Waals surface area contributed by atoms with Crippen molar-refractivity contribution in [3.63, 3.8) is 0 Å². The number of rotatable bonds is 4. The molecule has 4 rings (SSSR count). The molecule has 110 valence electrons. The van der Waals surface area contributed by atoms with Crippen LogP contribution in [0.1, 0.15) is 30.4 Å². The molecule has 2 aromatic rings. The van der Waals surface area contributed by atoms with E-state index in [4.69, 9.17) is 4.74 Å². The molecule has 2 atom stereocenters. The van der Waals surface area contributed by atoms with E-state index in [1.807, 2.05) is 12.1 Å². The Bertz CT molecular complexity index is 640. The summed E-state index contributed by atoms with van der Waals surface area (Å²) in [5.74, 6) is 0. The Morgan fingerprint density at radius 3 is 1.59 bits per heavy atom. The fourth-order valence-corrected chi connectivity index (χ4v) is 3.55. The second-order valence-electron chi connectivity index (χ2n) is 6.22. The minimum absolute atomic E-state index is 0.0753. The summed E-state index contributed by atoms with van der Waals surface area (Å²) in [6, 6.07) is 20.9. The first-order valence-electron chi connectivity index (χ1n) is 8.01. The van der Waals surface area contributed by atoms with Gasteiger partial charge < -0.3 is 4.74 Å². The number of epoxide rings is 1. The molecule has 1 nitrogen and oxygen atoms in total. The van der Waals surface area contributed by atoms with E-state index < -0.39 is 0 Å². The van der Waals surface area contributed by atoms with E-state index in [1.54, 1.807) is 0 Å². The van der Waals surface area contributed by atoms with E-state index in [0.29, 0.717) is 0 Å². The molecule has 1 heterocycles. The van der Waals surface area contributed by atoms with Gasteiger partial charge in [0, 0.05) is 0 Å². The van der Waals surface area contributed by atoms with Gasteiger partial charge in [0.05, 0.1) is 0 Å². The molecule has 0 spiro atoms. The van der Waals surface area contributed by atoms with Gasteiger partial charge >= 0.3 is 0 Å². The zero-order valence-electron chi connectivity index (χ0n) is 12.6. The van der Waals surface area contributed by atoms with Crippen molar-refractivity contribution in [1.82, 2.24) is 0 Å². The predicted octanol–water partition coefficient (Wildman–Crippen LogP) is 5.10. The summed E-state index contributed by atoms with van der Waals surface area (Å²) in [7, 11) is 0. The van der Waals surface area contributed by atoms with Crippen molar-refractivity contribution in [3.05, 3.63) is 83.9 Å². The molecule has 0 N–H and O–H groups in total. The molecule has 0 radical (unpaired) electrons. The van der Waals surface area contributed by atoms with Crippen LogP contribution in [-0.4, -0.2) is 11.2 Å². The Balaban J connectivity index is 1.54. The van der Waals surface area contributed by atoms with Crippen LogP contribution in [0.3, 0.4) is 0 Å². The summed E-state index contributed by atoms with van der Waals surface area (Å²) in [6.45, 7) is 0. The molecule has 0 unspecified atom stereocenters. The van der Waals surface area contributed by atoms with Crippen LogP contribution in [0.25, 0.3) is 12.2 Å². The number of hydrogen-bond donors (Lipinski definition) is 0. The molecule has 0 bridgehead atoms. The second kappa shape index (κ2) is 5.26. The number of benzene rings is 2. The lowest BCUT2D eigenvalue weighted by Crippen LogP contribution is -2.14. The third-order valence-corrected chi connectivity index (χ3v) is 4.82. The van der Waals surface area contributed by atoms with Crippen LogP contribution in [0.2, 0.25) is 0 Å². The highest BCUT2D eigenvalue weighted by atomic mass is 16.6. The summed E-state index contributed by atoms with van der Waals surface area (Å²) >= 11 is 0. The second-order valence-corrected chi connectivity index (χ2v) is 6.22. The minimum Gasteiger partial charge on any atom is -0.354 e. The molecule has 22 heavy (non-hydrogen) atoms. The van der Waals surface area contributed by atoms with Crippen LogP contribution in [0.15, 0.2) is 72.8 Å². The van der Waals surface area contributed by atoms with Gasteiger partial charge in [0.2, 0.25) is 0 Å². The molecule has 2 aliphatic rings. The summed E-state index contributed by atoms with van der Waals surface area (Å²) in [5.41, 5.74) is 2.32. The van der Waals surface area contributed by atoms with Gasteiger partial charge in [-0.05, 0) is 42.5 Å². The van der Waals surface area contributed by atoms with E-state index in [2.05, 4.69) is 72.8 Å². The van der Waals surface area contributed by atoms with E-state index in [0.717, 1.165) is 12.8 Å². The largest absolute Gasteiger partial charge is 0.354 e. The lowest BCUT2D eigenvalue weighted by molar-refractivity contribution is 0.258. The zero-order chi connectivity index (χ0) is 14.9. The molecule has 1 saturated heterocycles. The molecule has 1 aliphatic heterocycles. The lowest BCUT2D eigenvalue weighted by atomic mass is 9.94. The quantitative estimate of drug-likeness (QED) is 0.713. The van der Waals surface area contributed by atoms with E-state index in [9.17, 15) is 0 Å². The lowest BCUT2D eigenvalue weighted by Gasteiger charge is -2.03. The maximum Gasteiger partial charge on any atom is 0.120 e. The monoisotopic (exact) mass is 288 g/mol. The van der Waals surface area contributed by atoms with Crippen molar-refractivity contribution >= 4 is 12.2 Å². The first-order valence-corrected chi connectivity index (χ1v) is 8.01. The van der Waals surface area contributed by atoms with Gasteiger partial charge in [0.25, 0.3) is 0 Å². The Labute approximate surface area is 131 Å². The standard InChI is InChI=1S/C21H20O/c1-3-8-18(9-4-1)12-16-20-14-7-15-21(20,22-20)17-13-19-10-5-2-6-11-19/h1-6,8-13,16-17H,7,14-15H2/b16-12+,17-13+/t20-,21+. The fourth-order valence-electron chi connectivity index (χ4n) is 3.55. The van der Waals surface area contributed by atoms with Gasteiger partial charge in [-0.15, -0.1) is 0 Å². The maximum atomic E-state index is 6.20. The average molecular weight is 288 g/mol. The van der Waals surface area contributed by atoms with Crippen LogP contribution >= 0.6 is 0 Å². The highest BCUT2D eigenvalue weighted by Gasteiger charge is 2.69. The van der Waals surface area contributed by atoms with Crippen LogP contribution in [-0.2, 0) is 4.74 Å². The molecular formula is C21H20O. The van der Waals surface area contributed by atoms with Gasteiger partial charge in [0.1, 0.15) is 11.2 Å². The predicted molar refractivity (Wildman–Crippen MR) is 91.4 cm³/mol. The van der Waals surface area contributed by atoms with Gasteiger partial charge in [-0.2, -0.15) is 0 Å². The normalized spacial score (nSPS) is 30.0. The van der Waals surface area contributed by atoms with Crippen molar-refractivity contribution < 1.29 is 4.74 Å². The van der Waals surface area contributed by atoms with Crippen LogP contribution in [0.5, 0.6) is 0 Å². The number of ether oxygens (including phenoxy) is 1. The maximum absolute atomic E-state index is 6.20. The third kappa shape index (κ3) is 2.32. The molecule has 1 aliphatic carbocycles. The van der Waals surface area contributed by atoms with Crippen molar-refractivity contribution in [2.24, 2.45) is 0 Å². The zero-order valence-corrected chi connectivity index (χ0v) is 12.6. The van der Waals surface area contributed by atoms with Gasteiger partial charge in [-0.1, -0.05) is 72.8 Å².